The van der Waals surface area contributed by atoms with Crippen molar-refractivity contribution in [1.29, 1.82) is 0 Å². The molecule has 0 aliphatic carbocycles. The van der Waals surface area contributed by atoms with E-state index in [1.54, 1.807) is 25.8 Å². The van der Waals surface area contributed by atoms with Crippen molar-refractivity contribution in [2.24, 2.45) is 0 Å². The molecule has 2 aromatic rings. The summed E-state index contributed by atoms with van der Waals surface area (Å²) in [7, 11) is 1.70. The molecule has 1 heterocycles. The summed E-state index contributed by atoms with van der Waals surface area (Å²) >= 11 is 1.43. The molecular formula is C17H22N2O2S. The average Bonchev–Trinajstić information content (AvgIpc) is 2.78. The molecule has 0 bridgehead atoms. The number of carbonyl (C=O) groups is 1. The number of aryl methyl sites for hydroxylation is 1. The van der Waals surface area contributed by atoms with Gasteiger partial charge in [-0.2, -0.15) is 0 Å². The fourth-order valence-electron chi connectivity index (χ4n) is 2.32. The molecule has 2 rings (SSSR count). The van der Waals surface area contributed by atoms with Gasteiger partial charge in [0.15, 0.2) is 0 Å². The molecule has 1 amide bonds. The first kappa shape index (κ1) is 16.6. The van der Waals surface area contributed by atoms with Gasteiger partial charge in [-0.05, 0) is 26.3 Å². The highest BCUT2D eigenvalue weighted by Gasteiger charge is 2.23. The lowest BCUT2D eigenvalue weighted by Crippen LogP contribution is -2.39. The van der Waals surface area contributed by atoms with Gasteiger partial charge >= 0.3 is 0 Å². The number of hydrogen-bond acceptors (Lipinski definition) is 4. The van der Waals surface area contributed by atoms with Gasteiger partial charge in [-0.15, -0.1) is 11.3 Å². The Hall–Kier alpha value is -1.72. The molecule has 0 saturated heterocycles. The second kappa shape index (κ2) is 6.58. The molecule has 118 valence electrons. The van der Waals surface area contributed by atoms with Gasteiger partial charge in [0, 0.05) is 20.0 Å². The van der Waals surface area contributed by atoms with Gasteiger partial charge < -0.3 is 10.0 Å². The molecule has 22 heavy (non-hydrogen) atoms. The van der Waals surface area contributed by atoms with Crippen LogP contribution in [-0.4, -0.2) is 40.1 Å². The van der Waals surface area contributed by atoms with Crippen LogP contribution < -0.4 is 0 Å². The zero-order chi connectivity index (χ0) is 16.3. The number of likely N-dealkylation sites (N-methyl/N-ethyl adjacent to an activating group) is 1. The predicted octanol–water partition coefficient (Wildman–Crippen LogP) is 2.89. The minimum atomic E-state index is -0.907. The third-order valence-corrected chi connectivity index (χ3v) is 4.35. The van der Waals surface area contributed by atoms with Gasteiger partial charge in [0.05, 0.1) is 16.3 Å². The summed E-state index contributed by atoms with van der Waals surface area (Å²) in [6, 6.07) is 10.1. The zero-order valence-electron chi connectivity index (χ0n) is 13.5. The first-order valence-electron chi connectivity index (χ1n) is 7.24. The van der Waals surface area contributed by atoms with Gasteiger partial charge in [0.1, 0.15) is 4.88 Å². The minimum absolute atomic E-state index is 0.0866. The Morgan fingerprint density at radius 2 is 1.95 bits per heavy atom. The zero-order valence-corrected chi connectivity index (χ0v) is 14.3. The monoisotopic (exact) mass is 318 g/mol. The van der Waals surface area contributed by atoms with E-state index in [0.29, 0.717) is 4.88 Å². The number of amides is 1. The molecule has 0 fully saturated rings. The molecule has 0 spiro atoms. The maximum Gasteiger partial charge on any atom is 0.265 e. The van der Waals surface area contributed by atoms with Gasteiger partial charge in [-0.25, -0.2) is 4.98 Å². The van der Waals surface area contributed by atoms with E-state index in [9.17, 15) is 9.90 Å². The van der Waals surface area contributed by atoms with Crippen molar-refractivity contribution >= 4 is 17.2 Å². The summed E-state index contributed by atoms with van der Waals surface area (Å²) in [6.07, 6.45) is 0.731. The molecule has 1 aromatic heterocycles. The first-order chi connectivity index (χ1) is 10.3. The summed E-state index contributed by atoms with van der Waals surface area (Å²) < 4.78 is 0. The molecule has 0 saturated carbocycles. The molecule has 0 aliphatic heterocycles. The largest absolute Gasteiger partial charge is 0.389 e. The van der Waals surface area contributed by atoms with E-state index >= 15 is 0 Å². The van der Waals surface area contributed by atoms with Crippen LogP contribution in [0.25, 0.3) is 0 Å². The van der Waals surface area contributed by atoms with Crippen LogP contribution in [-0.2, 0) is 6.42 Å². The molecule has 1 aromatic carbocycles. The molecule has 0 radical (unpaired) electrons. The molecule has 0 atom stereocenters. The van der Waals surface area contributed by atoms with E-state index in [1.165, 1.54) is 16.9 Å². The third-order valence-electron chi connectivity index (χ3n) is 3.20. The number of thiazole rings is 1. The van der Waals surface area contributed by atoms with Crippen LogP contribution in [0.2, 0.25) is 0 Å². The smallest absolute Gasteiger partial charge is 0.265 e. The number of hydrogen-bond donors (Lipinski definition) is 1. The van der Waals surface area contributed by atoms with Crippen LogP contribution >= 0.6 is 11.3 Å². The highest BCUT2D eigenvalue weighted by atomic mass is 32.1. The second-order valence-electron chi connectivity index (χ2n) is 6.16. The first-order valence-corrected chi connectivity index (χ1v) is 8.06. The SMILES string of the molecule is Cc1nc(Cc2ccccc2)sc1C(=O)N(C)CC(C)(C)O. The highest BCUT2D eigenvalue weighted by Crippen LogP contribution is 2.22. The van der Waals surface area contributed by atoms with Crippen molar-refractivity contribution in [1.82, 2.24) is 9.88 Å². The Bertz CT molecular complexity index is 644. The Balaban J connectivity index is 2.14. The lowest BCUT2D eigenvalue weighted by atomic mass is 10.1. The predicted molar refractivity (Wildman–Crippen MR) is 89.4 cm³/mol. The Labute approximate surface area is 135 Å². The van der Waals surface area contributed by atoms with E-state index in [2.05, 4.69) is 17.1 Å². The lowest BCUT2D eigenvalue weighted by Gasteiger charge is -2.25. The highest BCUT2D eigenvalue weighted by molar-refractivity contribution is 7.13. The van der Waals surface area contributed by atoms with Crippen LogP contribution in [0.4, 0.5) is 0 Å². The second-order valence-corrected chi connectivity index (χ2v) is 7.24. The van der Waals surface area contributed by atoms with E-state index in [-0.39, 0.29) is 12.5 Å². The van der Waals surface area contributed by atoms with Crippen molar-refractivity contribution in [3.8, 4) is 0 Å². The van der Waals surface area contributed by atoms with Crippen LogP contribution in [0.5, 0.6) is 0 Å². The van der Waals surface area contributed by atoms with Crippen molar-refractivity contribution in [2.75, 3.05) is 13.6 Å². The lowest BCUT2D eigenvalue weighted by molar-refractivity contribution is 0.0370. The number of nitrogens with zero attached hydrogens (tertiary/aromatic N) is 2. The third kappa shape index (κ3) is 4.39. The Kier molecular flexibility index (Phi) is 4.98. The molecule has 0 aliphatic rings. The van der Waals surface area contributed by atoms with Gasteiger partial charge in [-0.3, -0.25) is 4.79 Å². The van der Waals surface area contributed by atoms with E-state index in [4.69, 9.17) is 0 Å². The van der Waals surface area contributed by atoms with E-state index in [0.717, 1.165) is 17.1 Å². The maximum atomic E-state index is 12.5. The molecule has 0 unspecified atom stereocenters. The summed E-state index contributed by atoms with van der Waals surface area (Å²) in [4.78, 5) is 19.2. The molecular weight excluding hydrogens is 296 g/mol. The van der Waals surface area contributed by atoms with Crippen LogP contribution in [0.15, 0.2) is 30.3 Å². The van der Waals surface area contributed by atoms with Crippen LogP contribution in [0.1, 0.15) is 39.8 Å². The van der Waals surface area contributed by atoms with Crippen molar-refractivity contribution in [3.63, 3.8) is 0 Å². The van der Waals surface area contributed by atoms with E-state index < -0.39 is 5.60 Å². The number of carbonyl (C=O) groups excluding carboxylic acids is 1. The maximum absolute atomic E-state index is 12.5. The summed E-state index contributed by atoms with van der Waals surface area (Å²) in [5.74, 6) is -0.0866. The van der Waals surface area contributed by atoms with Crippen molar-refractivity contribution in [3.05, 3.63) is 51.5 Å². The quantitative estimate of drug-likeness (QED) is 0.922. The summed E-state index contributed by atoms with van der Waals surface area (Å²) in [5.41, 5.74) is 1.03. The fraction of sp³-hybridized carbons (Fsp3) is 0.412. The Morgan fingerprint density at radius 3 is 2.55 bits per heavy atom. The summed E-state index contributed by atoms with van der Waals surface area (Å²) in [5, 5.41) is 10.8. The van der Waals surface area contributed by atoms with Crippen LogP contribution in [0, 0.1) is 6.92 Å². The molecule has 5 heteroatoms. The van der Waals surface area contributed by atoms with Gasteiger partial charge in [-0.1, -0.05) is 30.3 Å². The molecule has 4 nitrogen and oxygen atoms in total. The topological polar surface area (TPSA) is 53.4 Å². The Morgan fingerprint density at radius 1 is 1.32 bits per heavy atom. The average molecular weight is 318 g/mol. The fourth-order valence-corrected chi connectivity index (χ4v) is 3.42. The minimum Gasteiger partial charge on any atom is -0.389 e. The normalized spacial score (nSPS) is 11.5. The van der Waals surface area contributed by atoms with Gasteiger partial charge in [0.25, 0.3) is 5.91 Å². The molecule has 1 N–H and O–H groups in total. The summed E-state index contributed by atoms with van der Waals surface area (Å²) in [6.45, 7) is 5.53. The van der Waals surface area contributed by atoms with Crippen LogP contribution in [0.3, 0.4) is 0 Å². The van der Waals surface area contributed by atoms with Crippen molar-refractivity contribution < 1.29 is 9.90 Å². The van der Waals surface area contributed by atoms with Gasteiger partial charge in [0.2, 0.25) is 0 Å². The van der Waals surface area contributed by atoms with E-state index in [1.807, 2.05) is 25.1 Å². The number of aromatic nitrogens is 1. The van der Waals surface area contributed by atoms with Crippen molar-refractivity contribution in [2.45, 2.75) is 32.8 Å². The number of aliphatic hydroxyl groups is 1. The number of rotatable bonds is 5. The standard InChI is InChI=1S/C17H22N2O2S/c1-12-15(16(20)19(4)11-17(2,3)21)22-14(18-12)10-13-8-6-5-7-9-13/h5-9,21H,10-11H2,1-4H3. The number of benzene rings is 1.